The summed E-state index contributed by atoms with van der Waals surface area (Å²) in [6.45, 7) is 1.54. The predicted octanol–water partition coefficient (Wildman–Crippen LogP) is -0.568. The maximum absolute atomic E-state index is 11.0. The summed E-state index contributed by atoms with van der Waals surface area (Å²) in [6.07, 6.45) is 2.20. The molecule has 7 nitrogen and oxygen atoms in total. The maximum Gasteiger partial charge on any atom is 0.216 e. The number of thioether (sulfide) groups is 1. The van der Waals surface area contributed by atoms with E-state index in [4.69, 9.17) is 15.6 Å². The normalized spacial score (nSPS) is 15.3. The number of carbonyl (C=O) groups is 1. The molecule has 0 saturated heterocycles. The van der Waals surface area contributed by atoms with Gasteiger partial charge in [-0.2, -0.15) is 0 Å². The van der Waals surface area contributed by atoms with Crippen LogP contribution in [0, 0.1) is 0 Å². The van der Waals surface area contributed by atoms with Crippen molar-refractivity contribution in [3.8, 4) is 0 Å². The lowest BCUT2D eigenvalue weighted by molar-refractivity contribution is -0.120. The minimum atomic E-state index is -1.14. The Hall–Kier alpha value is -0.380. The van der Waals surface area contributed by atoms with E-state index in [9.17, 15) is 15.0 Å². The van der Waals surface area contributed by atoms with Gasteiger partial charge in [-0.15, -0.1) is 11.8 Å². The average molecular weight is 338 g/mol. The van der Waals surface area contributed by atoms with E-state index >= 15 is 0 Å². The SMILES string of the molecule is CC(=O)NCC(OC(CO)C(O)CO)SCCCCCCN. The van der Waals surface area contributed by atoms with Gasteiger partial charge in [0.15, 0.2) is 0 Å². The number of hydrogen-bond donors (Lipinski definition) is 5. The zero-order chi connectivity index (χ0) is 16.8. The van der Waals surface area contributed by atoms with Gasteiger partial charge in [0.25, 0.3) is 0 Å². The van der Waals surface area contributed by atoms with Gasteiger partial charge < -0.3 is 31.1 Å². The van der Waals surface area contributed by atoms with Crippen molar-refractivity contribution in [3.63, 3.8) is 0 Å². The number of ether oxygens (including phenoxy) is 1. The fourth-order valence-corrected chi connectivity index (χ4v) is 2.81. The Morgan fingerprint density at radius 2 is 1.91 bits per heavy atom. The number of amides is 1. The third-order valence-corrected chi connectivity index (χ3v) is 4.22. The zero-order valence-electron chi connectivity index (χ0n) is 13.2. The number of aliphatic hydroxyl groups is 3. The number of aliphatic hydroxyl groups excluding tert-OH is 3. The van der Waals surface area contributed by atoms with Crippen molar-refractivity contribution in [2.45, 2.75) is 50.3 Å². The van der Waals surface area contributed by atoms with E-state index in [0.717, 1.165) is 31.4 Å². The van der Waals surface area contributed by atoms with Gasteiger partial charge in [0.2, 0.25) is 5.91 Å². The largest absolute Gasteiger partial charge is 0.394 e. The molecule has 0 saturated carbocycles. The standard InChI is InChI=1S/C14H30N2O5S/c1-11(19)16-8-14(21-13(10-18)12(20)9-17)22-7-5-3-2-4-6-15/h12-14,17-18,20H,2-10,15H2,1H3,(H,16,19). The van der Waals surface area contributed by atoms with Gasteiger partial charge in [0.1, 0.15) is 17.6 Å². The lowest BCUT2D eigenvalue weighted by Gasteiger charge is -2.26. The molecule has 3 unspecified atom stereocenters. The molecule has 0 rings (SSSR count). The van der Waals surface area contributed by atoms with E-state index < -0.39 is 25.4 Å². The van der Waals surface area contributed by atoms with E-state index in [1.54, 1.807) is 0 Å². The Morgan fingerprint density at radius 1 is 1.23 bits per heavy atom. The number of rotatable bonds is 14. The highest BCUT2D eigenvalue weighted by Gasteiger charge is 2.23. The summed E-state index contributed by atoms with van der Waals surface area (Å²) in [4.78, 5) is 11.0. The molecule has 132 valence electrons. The summed E-state index contributed by atoms with van der Waals surface area (Å²) in [5, 5.41) is 30.4. The van der Waals surface area contributed by atoms with Crippen LogP contribution in [0.3, 0.4) is 0 Å². The minimum Gasteiger partial charge on any atom is -0.394 e. The highest BCUT2D eigenvalue weighted by atomic mass is 32.2. The van der Waals surface area contributed by atoms with Gasteiger partial charge in [-0.1, -0.05) is 12.8 Å². The molecule has 0 fully saturated rings. The van der Waals surface area contributed by atoms with E-state index in [2.05, 4.69) is 5.32 Å². The summed E-state index contributed by atoms with van der Waals surface area (Å²) in [5.41, 5.74) is 5.06. The van der Waals surface area contributed by atoms with Gasteiger partial charge >= 0.3 is 0 Å². The van der Waals surface area contributed by atoms with Crippen LogP contribution in [-0.4, -0.2) is 70.9 Å². The van der Waals surface area contributed by atoms with Crippen LogP contribution >= 0.6 is 11.8 Å². The van der Waals surface area contributed by atoms with E-state index in [1.165, 1.54) is 18.7 Å². The van der Waals surface area contributed by atoms with Crippen molar-refractivity contribution in [1.29, 1.82) is 0 Å². The second-order valence-electron chi connectivity index (χ2n) is 5.05. The van der Waals surface area contributed by atoms with Crippen molar-refractivity contribution in [1.82, 2.24) is 5.32 Å². The lowest BCUT2D eigenvalue weighted by atomic mass is 10.2. The first-order valence-corrected chi connectivity index (χ1v) is 8.71. The Morgan fingerprint density at radius 3 is 2.45 bits per heavy atom. The summed E-state index contributed by atoms with van der Waals surface area (Å²) < 4.78 is 5.60. The Bertz CT molecular complexity index is 284. The first-order valence-electron chi connectivity index (χ1n) is 7.66. The van der Waals surface area contributed by atoms with Gasteiger partial charge in [-0.25, -0.2) is 0 Å². The summed E-state index contributed by atoms with van der Waals surface area (Å²) >= 11 is 1.52. The molecular weight excluding hydrogens is 308 g/mol. The molecule has 3 atom stereocenters. The topological polar surface area (TPSA) is 125 Å². The molecule has 0 radical (unpaired) electrons. The van der Waals surface area contributed by atoms with Gasteiger partial charge in [-0.05, 0) is 25.1 Å². The highest BCUT2D eigenvalue weighted by molar-refractivity contribution is 7.99. The van der Waals surface area contributed by atoms with Crippen molar-refractivity contribution in [2.75, 3.05) is 32.1 Å². The molecule has 22 heavy (non-hydrogen) atoms. The third-order valence-electron chi connectivity index (χ3n) is 3.04. The van der Waals surface area contributed by atoms with Gasteiger partial charge in [-0.3, -0.25) is 4.79 Å². The fraction of sp³-hybridized carbons (Fsp3) is 0.929. The molecule has 0 aromatic rings. The van der Waals surface area contributed by atoms with E-state index in [-0.39, 0.29) is 17.9 Å². The van der Waals surface area contributed by atoms with E-state index in [0.29, 0.717) is 6.54 Å². The Balaban J connectivity index is 4.20. The second kappa shape index (κ2) is 14.2. The average Bonchev–Trinajstić information content (AvgIpc) is 2.51. The number of unbranched alkanes of at least 4 members (excludes halogenated alkanes) is 3. The van der Waals surface area contributed by atoms with Crippen molar-refractivity contribution < 1.29 is 24.9 Å². The number of carbonyl (C=O) groups excluding carboxylic acids is 1. The van der Waals surface area contributed by atoms with Crippen LogP contribution < -0.4 is 11.1 Å². The molecule has 0 heterocycles. The second-order valence-corrected chi connectivity index (χ2v) is 6.31. The van der Waals surface area contributed by atoms with Crippen LogP contribution in [0.5, 0.6) is 0 Å². The van der Waals surface area contributed by atoms with Crippen LogP contribution in [0.15, 0.2) is 0 Å². The molecule has 0 aliphatic carbocycles. The van der Waals surface area contributed by atoms with Crippen LogP contribution in [0.25, 0.3) is 0 Å². The molecule has 8 heteroatoms. The molecule has 0 aliphatic heterocycles. The van der Waals surface area contributed by atoms with Crippen LogP contribution in [0.4, 0.5) is 0 Å². The van der Waals surface area contributed by atoms with Crippen LogP contribution in [0.2, 0.25) is 0 Å². The van der Waals surface area contributed by atoms with Crippen LogP contribution in [0.1, 0.15) is 32.6 Å². The summed E-state index contributed by atoms with van der Waals surface area (Å²) in [7, 11) is 0. The zero-order valence-corrected chi connectivity index (χ0v) is 14.1. The van der Waals surface area contributed by atoms with Crippen LogP contribution in [-0.2, 0) is 9.53 Å². The molecule has 0 aromatic carbocycles. The molecule has 0 aromatic heterocycles. The quantitative estimate of drug-likeness (QED) is 0.212. The maximum atomic E-state index is 11.0. The molecule has 0 bridgehead atoms. The van der Waals surface area contributed by atoms with Crippen molar-refractivity contribution >= 4 is 17.7 Å². The predicted molar refractivity (Wildman–Crippen MR) is 87.5 cm³/mol. The first-order chi connectivity index (χ1) is 10.5. The third kappa shape index (κ3) is 11.2. The summed E-state index contributed by atoms with van der Waals surface area (Å²) in [5.74, 6) is 0.683. The van der Waals surface area contributed by atoms with E-state index in [1.807, 2.05) is 0 Å². The van der Waals surface area contributed by atoms with Crippen molar-refractivity contribution in [3.05, 3.63) is 0 Å². The van der Waals surface area contributed by atoms with Crippen molar-refractivity contribution in [2.24, 2.45) is 5.73 Å². The molecular formula is C14H30N2O5S. The monoisotopic (exact) mass is 338 g/mol. The summed E-state index contributed by atoms with van der Waals surface area (Å²) in [6, 6.07) is 0. The highest BCUT2D eigenvalue weighted by Crippen LogP contribution is 2.18. The Kier molecular flexibility index (Phi) is 14.0. The molecule has 1 amide bonds. The number of nitrogens with one attached hydrogen (secondary N) is 1. The molecule has 0 spiro atoms. The minimum absolute atomic E-state index is 0.166. The smallest absolute Gasteiger partial charge is 0.216 e. The first kappa shape index (κ1) is 21.6. The van der Waals surface area contributed by atoms with Gasteiger partial charge in [0.05, 0.1) is 19.8 Å². The van der Waals surface area contributed by atoms with Gasteiger partial charge in [0, 0.05) is 6.92 Å². The Labute approximate surface area is 136 Å². The molecule has 0 aliphatic rings. The lowest BCUT2D eigenvalue weighted by Crippen LogP contribution is -2.40. The number of nitrogens with two attached hydrogens (primary N) is 1. The molecule has 6 N–H and O–H groups in total. The fourth-order valence-electron chi connectivity index (χ4n) is 1.76. The number of hydrogen-bond acceptors (Lipinski definition) is 7.